The van der Waals surface area contributed by atoms with Crippen LogP contribution in [-0.4, -0.2) is 43.6 Å². The van der Waals surface area contributed by atoms with Gasteiger partial charge in [0, 0.05) is 0 Å². The molecule has 0 bridgehead atoms. The summed E-state index contributed by atoms with van der Waals surface area (Å²) in [4.78, 5) is 26.4. The molecule has 0 aromatic rings. The quantitative estimate of drug-likeness (QED) is 0.507. The van der Waals surface area contributed by atoms with Crippen LogP contribution in [0.5, 0.6) is 0 Å². The van der Waals surface area contributed by atoms with Gasteiger partial charge in [0.1, 0.15) is 0 Å². The van der Waals surface area contributed by atoms with E-state index in [1.807, 2.05) is 0 Å². The summed E-state index contributed by atoms with van der Waals surface area (Å²) in [7, 11) is -3.54. The van der Waals surface area contributed by atoms with Crippen LogP contribution in [-0.2, 0) is 28.9 Å². The lowest BCUT2D eigenvalue weighted by atomic mass is 9.70. The van der Waals surface area contributed by atoms with E-state index in [2.05, 4.69) is 0 Å². The highest BCUT2D eigenvalue weighted by atomic mass is 32.2. The molecule has 3 saturated carbocycles. The second-order valence-electron chi connectivity index (χ2n) is 9.59. The molecule has 3 fully saturated rings. The van der Waals surface area contributed by atoms with Gasteiger partial charge in [0.2, 0.25) is 0 Å². The Labute approximate surface area is 168 Å². The molecule has 0 aliphatic heterocycles. The molecule has 7 heteroatoms. The van der Waals surface area contributed by atoms with E-state index in [1.54, 1.807) is 34.6 Å². The molecule has 0 amide bonds. The van der Waals surface area contributed by atoms with Crippen LogP contribution in [0.25, 0.3) is 0 Å². The number of rotatable bonds is 5. The van der Waals surface area contributed by atoms with Gasteiger partial charge in [0.15, 0.2) is 15.3 Å². The van der Waals surface area contributed by atoms with Crippen LogP contribution in [0.15, 0.2) is 0 Å². The van der Waals surface area contributed by atoms with Crippen molar-refractivity contribution in [3.8, 4) is 0 Å². The molecule has 160 valence electrons. The lowest BCUT2D eigenvalue weighted by Gasteiger charge is -2.33. The van der Waals surface area contributed by atoms with Gasteiger partial charge in [0.05, 0.1) is 23.2 Å². The van der Waals surface area contributed by atoms with Crippen molar-refractivity contribution in [1.29, 1.82) is 0 Å². The van der Waals surface area contributed by atoms with E-state index in [0.717, 1.165) is 25.7 Å². The maximum absolute atomic E-state index is 13.5. The SMILES string of the molecule is CCOC(=O)C1(C(=O)OCC)CC(S(=O)(=O)C(C)(C)C)[C@@H]2C[C@H]3CCC[C@H]3[C@@H]21. The van der Waals surface area contributed by atoms with E-state index in [9.17, 15) is 18.0 Å². The molecule has 1 unspecified atom stereocenters. The smallest absolute Gasteiger partial charge is 0.323 e. The number of esters is 2. The predicted octanol–water partition coefficient (Wildman–Crippen LogP) is 3.14. The molecule has 0 spiro atoms. The monoisotopic (exact) mass is 414 g/mol. The third kappa shape index (κ3) is 2.99. The third-order valence-electron chi connectivity index (χ3n) is 7.32. The maximum Gasteiger partial charge on any atom is 0.323 e. The molecule has 0 aromatic heterocycles. The number of carbonyl (C=O) groups excluding carboxylic acids is 2. The van der Waals surface area contributed by atoms with E-state index < -0.39 is 37.2 Å². The van der Waals surface area contributed by atoms with Crippen LogP contribution in [0.4, 0.5) is 0 Å². The number of hydrogen-bond donors (Lipinski definition) is 0. The molecule has 0 aromatic carbocycles. The number of hydrogen-bond acceptors (Lipinski definition) is 6. The summed E-state index contributed by atoms with van der Waals surface area (Å²) in [5, 5.41) is -0.711. The Morgan fingerprint density at radius 3 is 2.07 bits per heavy atom. The zero-order valence-corrected chi connectivity index (χ0v) is 18.5. The van der Waals surface area contributed by atoms with Crippen molar-refractivity contribution in [1.82, 2.24) is 0 Å². The Morgan fingerprint density at radius 1 is 1.00 bits per heavy atom. The largest absolute Gasteiger partial charge is 0.465 e. The topological polar surface area (TPSA) is 86.7 Å². The molecule has 3 aliphatic rings. The zero-order chi connectivity index (χ0) is 20.9. The van der Waals surface area contributed by atoms with Crippen LogP contribution in [0, 0.1) is 29.1 Å². The van der Waals surface area contributed by atoms with Crippen molar-refractivity contribution < 1.29 is 27.5 Å². The van der Waals surface area contributed by atoms with E-state index in [1.165, 1.54) is 0 Å². The van der Waals surface area contributed by atoms with Gasteiger partial charge in [-0.3, -0.25) is 9.59 Å². The molecular weight excluding hydrogens is 380 g/mol. The Morgan fingerprint density at radius 2 is 1.57 bits per heavy atom. The van der Waals surface area contributed by atoms with Crippen molar-refractivity contribution >= 4 is 21.8 Å². The Kier molecular flexibility index (Phi) is 5.63. The van der Waals surface area contributed by atoms with Gasteiger partial charge in [0.25, 0.3) is 0 Å². The summed E-state index contributed by atoms with van der Waals surface area (Å²) in [6, 6.07) is 0. The van der Waals surface area contributed by atoms with E-state index >= 15 is 0 Å². The summed E-state index contributed by atoms with van der Waals surface area (Å²) in [6.45, 7) is 8.81. The first-order valence-electron chi connectivity index (χ1n) is 10.6. The summed E-state index contributed by atoms with van der Waals surface area (Å²) in [5.41, 5.74) is -1.50. The number of carbonyl (C=O) groups is 2. The highest BCUT2D eigenvalue weighted by Gasteiger charge is 2.72. The van der Waals surface area contributed by atoms with Crippen molar-refractivity contribution in [3.63, 3.8) is 0 Å². The van der Waals surface area contributed by atoms with Gasteiger partial charge in [-0.15, -0.1) is 0 Å². The summed E-state index contributed by atoms with van der Waals surface area (Å²) in [5.74, 6) is -1.10. The van der Waals surface area contributed by atoms with Gasteiger partial charge >= 0.3 is 11.9 Å². The highest BCUT2D eigenvalue weighted by molar-refractivity contribution is 7.93. The predicted molar refractivity (Wildman–Crippen MR) is 105 cm³/mol. The van der Waals surface area contributed by atoms with E-state index in [4.69, 9.17) is 9.47 Å². The first-order chi connectivity index (χ1) is 13.0. The second-order valence-corrected chi connectivity index (χ2v) is 12.5. The minimum Gasteiger partial charge on any atom is -0.465 e. The molecule has 0 radical (unpaired) electrons. The minimum atomic E-state index is -3.54. The van der Waals surface area contributed by atoms with Crippen LogP contribution in [0.2, 0.25) is 0 Å². The van der Waals surface area contributed by atoms with Crippen molar-refractivity contribution in [2.24, 2.45) is 29.1 Å². The number of fused-ring (bicyclic) bond motifs is 3. The second kappa shape index (κ2) is 7.29. The number of ether oxygens (including phenoxy) is 2. The number of sulfone groups is 1. The van der Waals surface area contributed by atoms with Crippen molar-refractivity contribution in [2.45, 2.75) is 76.7 Å². The van der Waals surface area contributed by atoms with Gasteiger partial charge in [-0.25, -0.2) is 8.42 Å². The molecule has 5 atom stereocenters. The maximum atomic E-state index is 13.5. The molecular formula is C21H34O6S. The van der Waals surface area contributed by atoms with Gasteiger partial charge in [-0.1, -0.05) is 12.8 Å². The Bertz CT molecular complexity index is 716. The fourth-order valence-electron chi connectivity index (χ4n) is 6.20. The fourth-order valence-corrected chi connectivity index (χ4v) is 8.33. The zero-order valence-electron chi connectivity index (χ0n) is 17.7. The third-order valence-corrected chi connectivity index (χ3v) is 10.3. The van der Waals surface area contributed by atoms with Crippen molar-refractivity contribution in [3.05, 3.63) is 0 Å². The minimum absolute atomic E-state index is 0.0111. The molecule has 3 rings (SSSR count). The fraction of sp³-hybridized carbons (Fsp3) is 0.905. The van der Waals surface area contributed by atoms with Crippen LogP contribution in [0.3, 0.4) is 0 Å². The molecule has 28 heavy (non-hydrogen) atoms. The van der Waals surface area contributed by atoms with E-state index in [-0.39, 0.29) is 37.4 Å². The molecule has 3 aliphatic carbocycles. The van der Waals surface area contributed by atoms with Crippen LogP contribution in [0.1, 0.15) is 66.7 Å². The first-order valence-corrected chi connectivity index (χ1v) is 12.1. The first kappa shape index (κ1) is 21.6. The van der Waals surface area contributed by atoms with Crippen LogP contribution < -0.4 is 0 Å². The lowest BCUT2D eigenvalue weighted by molar-refractivity contribution is -0.177. The van der Waals surface area contributed by atoms with Gasteiger partial charge < -0.3 is 9.47 Å². The average Bonchev–Trinajstić information content (AvgIpc) is 3.24. The highest BCUT2D eigenvalue weighted by Crippen LogP contribution is 2.65. The lowest BCUT2D eigenvalue weighted by Crippen LogP contribution is -2.47. The summed E-state index contributed by atoms with van der Waals surface area (Å²) < 4.78 is 36.7. The molecule has 6 nitrogen and oxygen atoms in total. The van der Waals surface area contributed by atoms with E-state index in [0.29, 0.717) is 5.92 Å². The molecule has 0 saturated heterocycles. The van der Waals surface area contributed by atoms with Crippen LogP contribution >= 0.6 is 0 Å². The molecule has 0 N–H and O–H groups in total. The van der Waals surface area contributed by atoms with Gasteiger partial charge in [-0.2, -0.15) is 0 Å². The Balaban J connectivity index is 2.15. The molecule has 0 heterocycles. The van der Waals surface area contributed by atoms with Crippen molar-refractivity contribution in [2.75, 3.05) is 13.2 Å². The van der Waals surface area contributed by atoms with Gasteiger partial charge in [-0.05, 0) is 77.6 Å². The summed E-state index contributed by atoms with van der Waals surface area (Å²) >= 11 is 0. The average molecular weight is 415 g/mol. The summed E-state index contributed by atoms with van der Waals surface area (Å²) in [6.07, 6.45) is 3.81. The Hall–Kier alpha value is -1.11. The standard InChI is InChI=1S/C21H34O6S/c1-6-26-18(22)21(19(23)27-7-2)12-16(28(24,25)20(3,4)5)15-11-13-9-8-10-14(13)17(15)21/h13-17H,6-12H2,1-5H3/t13-,14-,15+,16?,17+/m1/s1. The normalized spacial score (nSPS) is 34.0.